The van der Waals surface area contributed by atoms with E-state index in [4.69, 9.17) is 15.6 Å². The Morgan fingerprint density at radius 1 is 1.38 bits per heavy atom. The van der Waals surface area contributed by atoms with Gasteiger partial charge in [-0.3, -0.25) is 4.57 Å². The van der Waals surface area contributed by atoms with Gasteiger partial charge in [0.1, 0.15) is 23.8 Å². The van der Waals surface area contributed by atoms with Crippen molar-refractivity contribution in [1.82, 2.24) is 19.5 Å². The predicted molar refractivity (Wildman–Crippen MR) is 72.8 cm³/mol. The van der Waals surface area contributed by atoms with Crippen molar-refractivity contribution in [1.29, 1.82) is 0 Å². The highest BCUT2D eigenvalue weighted by atomic mass is 16.6. The number of hydrogen-bond acceptors (Lipinski definition) is 8. The normalized spacial score (nSPS) is 29.1. The molecule has 2 aromatic heterocycles. The summed E-state index contributed by atoms with van der Waals surface area (Å²) in [4.78, 5) is 12.3. The van der Waals surface area contributed by atoms with Crippen LogP contribution in [0.3, 0.4) is 0 Å². The highest BCUT2D eigenvalue weighted by Gasteiger charge is 2.44. The molecular formula is C12H15N5O4. The van der Waals surface area contributed by atoms with Gasteiger partial charge in [0.05, 0.1) is 12.9 Å². The highest BCUT2D eigenvalue weighted by molar-refractivity contribution is 5.82. The average molecular weight is 293 g/mol. The third-order valence-electron chi connectivity index (χ3n) is 3.44. The van der Waals surface area contributed by atoms with E-state index in [0.717, 1.165) is 0 Å². The Hall–Kier alpha value is -2.07. The van der Waals surface area contributed by atoms with Gasteiger partial charge < -0.3 is 25.8 Å². The fourth-order valence-corrected chi connectivity index (χ4v) is 2.34. The Kier molecular flexibility index (Phi) is 3.33. The van der Waals surface area contributed by atoms with Crippen LogP contribution in [0.4, 0.5) is 5.82 Å². The molecule has 4 atom stereocenters. The van der Waals surface area contributed by atoms with Crippen molar-refractivity contribution < 1.29 is 20.1 Å². The zero-order chi connectivity index (χ0) is 15.1. The first-order valence-electron chi connectivity index (χ1n) is 6.31. The van der Waals surface area contributed by atoms with E-state index in [2.05, 4.69) is 21.5 Å². The number of nitrogens with two attached hydrogens (primary N) is 1. The molecule has 21 heavy (non-hydrogen) atoms. The summed E-state index contributed by atoms with van der Waals surface area (Å²) in [5.41, 5.74) is 6.51. The molecule has 1 fully saturated rings. The molecule has 112 valence electrons. The molecule has 9 nitrogen and oxygen atoms in total. The number of aliphatic hydroxyl groups excluding tert-OH is 3. The fraction of sp³-hybridized carbons (Fsp3) is 0.417. The van der Waals surface area contributed by atoms with Crippen LogP contribution in [0, 0.1) is 0 Å². The molecule has 0 spiro atoms. The van der Waals surface area contributed by atoms with E-state index in [1.54, 1.807) is 0 Å². The molecule has 0 amide bonds. The number of fused-ring (bicyclic) bond motifs is 1. The molecule has 1 aliphatic heterocycles. The predicted octanol–water partition coefficient (Wildman–Crippen LogP) is -1.34. The molecular weight excluding hydrogens is 278 g/mol. The summed E-state index contributed by atoms with van der Waals surface area (Å²) in [6.07, 6.45) is -1.39. The smallest absolute Gasteiger partial charge is 0.168 e. The zero-order valence-electron chi connectivity index (χ0n) is 11.0. The molecule has 0 saturated carbocycles. The molecule has 2 aromatic rings. The maximum absolute atomic E-state index is 10.1. The van der Waals surface area contributed by atoms with Gasteiger partial charge in [0.15, 0.2) is 23.5 Å². The van der Waals surface area contributed by atoms with Crippen LogP contribution in [0.25, 0.3) is 17.2 Å². The summed E-state index contributed by atoms with van der Waals surface area (Å²) >= 11 is 0. The number of aromatic nitrogens is 4. The Morgan fingerprint density at radius 3 is 2.76 bits per heavy atom. The van der Waals surface area contributed by atoms with Crippen molar-refractivity contribution in [3.8, 4) is 0 Å². The SMILES string of the molecule is C=Cc1nc(N)c2ncn([C@@H]3O[C@H](CO)[C@H](O)C3O)c2n1. The lowest BCUT2D eigenvalue weighted by atomic mass is 10.1. The van der Waals surface area contributed by atoms with E-state index in [1.165, 1.54) is 17.0 Å². The van der Waals surface area contributed by atoms with Crippen LogP contribution in [0.15, 0.2) is 12.9 Å². The third kappa shape index (κ3) is 2.07. The molecule has 5 N–H and O–H groups in total. The number of nitrogen functional groups attached to an aromatic ring is 1. The first kappa shape index (κ1) is 13.9. The van der Waals surface area contributed by atoms with E-state index >= 15 is 0 Å². The topological polar surface area (TPSA) is 140 Å². The number of anilines is 1. The molecule has 3 rings (SSSR count). The van der Waals surface area contributed by atoms with Gasteiger partial charge in [-0.05, 0) is 6.08 Å². The molecule has 0 aromatic carbocycles. The van der Waals surface area contributed by atoms with Crippen LogP contribution in [0.5, 0.6) is 0 Å². The number of rotatable bonds is 3. The van der Waals surface area contributed by atoms with Gasteiger partial charge in [0, 0.05) is 0 Å². The molecule has 0 bridgehead atoms. The first-order valence-corrected chi connectivity index (χ1v) is 6.31. The molecule has 0 radical (unpaired) electrons. The summed E-state index contributed by atoms with van der Waals surface area (Å²) in [6.45, 7) is 3.17. The molecule has 1 aliphatic rings. The van der Waals surface area contributed by atoms with Crippen molar-refractivity contribution in [2.45, 2.75) is 24.5 Å². The average Bonchev–Trinajstić information content (AvgIpc) is 3.02. The van der Waals surface area contributed by atoms with Gasteiger partial charge in [-0.25, -0.2) is 15.0 Å². The molecule has 1 saturated heterocycles. The number of ether oxygens (including phenoxy) is 1. The number of nitrogens with zero attached hydrogens (tertiary/aromatic N) is 4. The Labute approximate surface area is 119 Å². The lowest BCUT2D eigenvalue weighted by molar-refractivity contribution is -0.0511. The monoisotopic (exact) mass is 293 g/mol. The summed E-state index contributed by atoms with van der Waals surface area (Å²) in [5, 5.41) is 29.0. The van der Waals surface area contributed by atoms with Gasteiger partial charge in [0.2, 0.25) is 0 Å². The highest BCUT2D eigenvalue weighted by Crippen LogP contribution is 2.31. The standard InChI is InChI=1S/C12H15N5O4/c1-2-6-15-10(13)7-11(16-6)17(4-14-7)12-9(20)8(19)5(3-18)21-12/h2,4-5,8-9,12,18-20H,1,3H2,(H2,13,15,16)/t5-,8+,9?,12-/m1/s1. The Morgan fingerprint density at radius 2 is 2.14 bits per heavy atom. The second-order valence-electron chi connectivity index (χ2n) is 4.72. The summed E-state index contributed by atoms with van der Waals surface area (Å²) in [5.74, 6) is 0.494. The van der Waals surface area contributed by atoms with E-state index < -0.39 is 31.1 Å². The number of imidazole rings is 1. The maximum atomic E-state index is 10.1. The second kappa shape index (κ2) is 5.04. The van der Waals surface area contributed by atoms with Crippen molar-refractivity contribution >= 4 is 23.1 Å². The summed E-state index contributed by atoms with van der Waals surface area (Å²) in [6, 6.07) is 0. The van der Waals surface area contributed by atoms with Crippen LogP contribution >= 0.6 is 0 Å². The van der Waals surface area contributed by atoms with E-state index in [9.17, 15) is 10.2 Å². The van der Waals surface area contributed by atoms with E-state index in [1.807, 2.05) is 0 Å². The first-order chi connectivity index (χ1) is 10.1. The van der Waals surface area contributed by atoms with Gasteiger partial charge in [-0.15, -0.1) is 0 Å². The summed E-state index contributed by atoms with van der Waals surface area (Å²) < 4.78 is 6.90. The van der Waals surface area contributed by atoms with E-state index in [0.29, 0.717) is 17.0 Å². The minimum Gasteiger partial charge on any atom is -0.394 e. The van der Waals surface area contributed by atoms with Crippen molar-refractivity contribution in [2.75, 3.05) is 12.3 Å². The quantitative estimate of drug-likeness (QED) is 0.545. The minimum absolute atomic E-state index is 0.181. The third-order valence-corrected chi connectivity index (χ3v) is 3.44. The van der Waals surface area contributed by atoms with Crippen LogP contribution in [-0.4, -0.2) is 59.8 Å². The van der Waals surface area contributed by atoms with Gasteiger partial charge >= 0.3 is 0 Å². The van der Waals surface area contributed by atoms with Crippen LogP contribution < -0.4 is 5.73 Å². The van der Waals surface area contributed by atoms with Crippen molar-refractivity contribution in [2.24, 2.45) is 0 Å². The molecule has 0 aliphatic carbocycles. The van der Waals surface area contributed by atoms with Crippen LogP contribution in [-0.2, 0) is 4.74 Å². The molecule has 9 heteroatoms. The van der Waals surface area contributed by atoms with Crippen LogP contribution in [0.2, 0.25) is 0 Å². The second-order valence-corrected chi connectivity index (χ2v) is 4.72. The van der Waals surface area contributed by atoms with Gasteiger partial charge in [0.25, 0.3) is 0 Å². The fourth-order valence-electron chi connectivity index (χ4n) is 2.34. The molecule has 3 heterocycles. The van der Waals surface area contributed by atoms with E-state index in [-0.39, 0.29) is 5.82 Å². The number of aliphatic hydroxyl groups is 3. The number of hydrogen-bond donors (Lipinski definition) is 4. The van der Waals surface area contributed by atoms with Gasteiger partial charge in [-0.2, -0.15) is 0 Å². The van der Waals surface area contributed by atoms with Crippen LogP contribution in [0.1, 0.15) is 12.1 Å². The molecule has 1 unspecified atom stereocenters. The maximum Gasteiger partial charge on any atom is 0.168 e. The lowest BCUT2D eigenvalue weighted by Crippen LogP contribution is -2.33. The largest absolute Gasteiger partial charge is 0.394 e. The minimum atomic E-state index is -1.22. The lowest BCUT2D eigenvalue weighted by Gasteiger charge is -2.16. The van der Waals surface area contributed by atoms with Gasteiger partial charge in [-0.1, -0.05) is 6.58 Å². The zero-order valence-corrected chi connectivity index (χ0v) is 11.0. The van der Waals surface area contributed by atoms with Crippen molar-refractivity contribution in [3.63, 3.8) is 0 Å². The van der Waals surface area contributed by atoms with Crippen molar-refractivity contribution in [3.05, 3.63) is 18.7 Å². The summed E-state index contributed by atoms with van der Waals surface area (Å²) in [7, 11) is 0. The Balaban J connectivity index is 2.09. The Bertz CT molecular complexity index is 688.